The van der Waals surface area contributed by atoms with Gasteiger partial charge in [0.2, 0.25) is 0 Å². The summed E-state index contributed by atoms with van der Waals surface area (Å²) >= 11 is 6.07. The van der Waals surface area contributed by atoms with Crippen LogP contribution < -0.4 is 0 Å². The molecular weight excluding hydrogens is 270 g/mol. The minimum absolute atomic E-state index is 0.0647. The summed E-state index contributed by atoms with van der Waals surface area (Å²) in [6, 6.07) is 14.9. The molecule has 0 atom stereocenters. The molecule has 20 heavy (non-hydrogen) atoms. The van der Waals surface area contributed by atoms with Gasteiger partial charge in [-0.15, -0.1) is 0 Å². The third-order valence-electron chi connectivity index (χ3n) is 3.29. The Labute approximate surface area is 122 Å². The zero-order valence-corrected chi connectivity index (χ0v) is 11.7. The lowest BCUT2D eigenvalue weighted by molar-refractivity contribution is 0.103. The van der Waals surface area contributed by atoms with E-state index in [0.717, 1.165) is 16.5 Å². The summed E-state index contributed by atoms with van der Waals surface area (Å²) in [5, 5.41) is 1.56. The fourth-order valence-corrected chi connectivity index (χ4v) is 2.28. The number of para-hydroxylation sites is 1. The maximum atomic E-state index is 12.5. The van der Waals surface area contributed by atoms with Crippen molar-refractivity contribution in [2.75, 3.05) is 0 Å². The predicted molar refractivity (Wildman–Crippen MR) is 81.4 cm³/mol. The highest BCUT2D eigenvalue weighted by molar-refractivity contribution is 6.31. The van der Waals surface area contributed by atoms with Gasteiger partial charge in [-0.3, -0.25) is 9.78 Å². The van der Waals surface area contributed by atoms with E-state index in [1.54, 1.807) is 18.3 Å². The normalized spacial score (nSPS) is 10.7. The molecule has 0 aliphatic heterocycles. The lowest BCUT2D eigenvalue weighted by atomic mass is 10.0. The Morgan fingerprint density at radius 3 is 2.65 bits per heavy atom. The first kappa shape index (κ1) is 12.8. The largest absolute Gasteiger partial charge is 0.289 e. The van der Waals surface area contributed by atoms with Gasteiger partial charge >= 0.3 is 0 Å². The summed E-state index contributed by atoms with van der Waals surface area (Å²) in [6.07, 6.45) is 1.61. The molecule has 0 spiro atoms. The molecule has 3 heteroatoms. The molecule has 0 saturated carbocycles. The van der Waals surface area contributed by atoms with E-state index in [4.69, 9.17) is 11.6 Å². The summed E-state index contributed by atoms with van der Waals surface area (Å²) in [5.41, 5.74) is 2.99. The van der Waals surface area contributed by atoms with Crippen LogP contribution >= 0.6 is 11.6 Å². The van der Waals surface area contributed by atoms with E-state index < -0.39 is 0 Å². The average molecular weight is 282 g/mol. The van der Waals surface area contributed by atoms with Gasteiger partial charge in [0.15, 0.2) is 5.78 Å². The number of ketones is 1. The molecule has 3 aromatic rings. The molecule has 0 unspecified atom stereocenters. The SMILES string of the molecule is Cc1ccc(C(=O)c2cnc3ccccc3c2)cc1Cl. The molecule has 2 aromatic carbocycles. The number of aromatic nitrogens is 1. The summed E-state index contributed by atoms with van der Waals surface area (Å²) in [6.45, 7) is 1.91. The molecule has 0 bridgehead atoms. The standard InChI is InChI=1S/C17H12ClNO/c1-11-6-7-13(9-15(11)18)17(20)14-8-12-4-2-3-5-16(12)19-10-14/h2-10H,1H3. The van der Waals surface area contributed by atoms with E-state index in [0.29, 0.717) is 16.1 Å². The van der Waals surface area contributed by atoms with Crippen molar-refractivity contribution in [1.82, 2.24) is 4.98 Å². The average Bonchev–Trinajstić information content (AvgIpc) is 2.49. The van der Waals surface area contributed by atoms with Crippen molar-refractivity contribution in [3.8, 4) is 0 Å². The summed E-state index contributed by atoms with van der Waals surface area (Å²) in [4.78, 5) is 16.8. The maximum absolute atomic E-state index is 12.5. The van der Waals surface area contributed by atoms with E-state index in [1.165, 1.54) is 0 Å². The van der Waals surface area contributed by atoms with Crippen molar-refractivity contribution in [1.29, 1.82) is 0 Å². The lowest BCUT2D eigenvalue weighted by Crippen LogP contribution is -2.02. The number of halogens is 1. The van der Waals surface area contributed by atoms with Crippen LogP contribution in [0.5, 0.6) is 0 Å². The molecule has 0 amide bonds. The van der Waals surface area contributed by atoms with Crippen LogP contribution in [-0.4, -0.2) is 10.8 Å². The van der Waals surface area contributed by atoms with Crippen molar-refractivity contribution in [2.45, 2.75) is 6.92 Å². The summed E-state index contributed by atoms with van der Waals surface area (Å²) in [5.74, 6) is -0.0647. The Morgan fingerprint density at radius 1 is 1.05 bits per heavy atom. The first-order chi connectivity index (χ1) is 9.65. The number of pyridine rings is 1. The number of aryl methyl sites for hydroxylation is 1. The van der Waals surface area contributed by atoms with E-state index >= 15 is 0 Å². The minimum atomic E-state index is -0.0647. The minimum Gasteiger partial charge on any atom is -0.289 e. The quantitative estimate of drug-likeness (QED) is 0.651. The third-order valence-corrected chi connectivity index (χ3v) is 3.69. The van der Waals surface area contributed by atoms with Gasteiger partial charge in [0, 0.05) is 27.7 Å². The fraction of sp³-hybridized carbons (Fsp3) is 0.0588. The number of benzene rings is 2. The Bertz CT molecular complexity index is 811. The molecular formula is C17H12ClNO. The lowest BCUT2D eigenvalue weighted by Gasteiger charge is -2.05. The molecule has 0 fully saturated rings. The van der Waals surface area contributed by atoms with Crippen LogP contribution in [0.4, 0.5) is 0 Å². The van der Waals surface area contributed by atoms with Crippen LogP contribution in [-0.2, 0) is 0 Å². The van der Waals surface area contributed by atoms with Crippen LogP contribution in [0.25, 0.3) is 10.9 Å². The van der Waals surface area contributed by atoms with E-state index in [9.17, 15) is 4.79 Å². The molecule has 0 saturated heterocycles. The van der Waals surface area contributed by atoms with Gasteiger partial charge in [0.1, 0.15) is 0 Å². The van der Waals surface area contributed by atoms with Gasteiger partial charge in [0.05, 0.1) is 5.52 Å². The molecule has 3 rings (SSSR count). The van der Waals surface area contributed by atoms with Crippen LogP contribution in [0.15, 0.2) is 54.7 Å². The first-order valence-electron chi connectivity index (χ1n) is 6.31. The van der Waals surface area contributed by atoms with E-state index in [1.807, 2.05) is 43.3 Å². The Hall–Kier alpha value is -2.19. The number of nitrogens with zero attached hydrogens (tertiary/aromatic N) is 1. The predicted octanol–water partition coefficient (Wildman–Crippen LogP) is 4.43. The zero-order chi connectivity index (χ0) is 14.1. The van der Waals surface area contributed by atoms with Gasteiger partial charge in [-0.1, -0.05) is 41.9 Å². The topological polar surface area (TPSA) is 30.0 Å². The Kier molecular flexibility index (Phi) is 3.25. The van der Waals surface area contributed by atoms with Gasteiger partial charge in [0.25, 0.3) is 0 Å². The van der Waals surface area contributed by atoms with Crippen LogP contribution in [0, 0.1) is 6.92 Å². The Morgan fingerprint density at radius 2 is 1.85 bits per heavy atom. The summed E-state index contributed by atoms with van der Waals surface area (Å²) < 4.78 is 0. The highest BCUT2D eigenvalue weighted by atomic mass is 35.5. The van der Waals surface area contributed by atoms with Crippen molar-refractivity contribution in [3.05, 3.63) is 76.4 Å². The van der Waals surface area contributed by atoms with Crippen molar-refractivity contribution >= 4 is 28.3 Å². The number of rotatable bonds is 2. The number of carbonyl (C=O) groups excluding carboxylic acids is 1. The fourth-order valence-electron chi connectivity index (χ4n) is 2.10. The zero-order valence-electron chi connectivity index (χ0n) is 10.9. The molecule has 0 aliphatic carbocycles. The van der Waals surface area contributed by atoms with Gasteiger partial charge in [-0.25, -0.2) is 0 Å². The molecule has 0 N–H and O–H groups in total. The molecule has 1 heterocycles. The van der Waals surface area contributed by atoms with Crippen LogP contribution in [0.1, 0.15) is 21.5 Å². The number of fused-ring (bicyclic) bond motifs is 1. The van der Waals surface area contributed by atoms with E-state index in [2.05, 4.69) is 4.98 Å². The van der Waals surface area contributed by atoms with Gasteiger partial charge < -0.3 is 0 Å². The van der Waals surface area contributed by atoms with E-state index in [-0.39, 0.29) is 5.78 Å². The second-order valence-corrected chi connectivity index (χ2v) is 5.12. The highest BCUT2D eigenvalue weighted by Crippen LogP contribution is 2.20. The van der Waals surface area contributed by atoms with Gasteiger partial charge in [-0.05, 0) is 30.7 Å². The van der Waals surface area contributed by atoms with Crippen LogP contribution in [0.2, 0.25) is 5.02 Å². The van der Waals surface area contributed by atoms with Gasteiger partial charge in [-0.2, -0.15) is 0 Å². The highest BCUT2D eigenvalue weighted by Gasteiger charge is 2.11. The Balaban J connectivity index is 2.05. The number of hydrogen-bond donors (Lipinski definition) is 0. The number of carbonyl (C=O) groups is 1. The maximum Gasteiger partial charge on any atom is 0.194 e. The summed E-state index contributed by atoms with van der Waals surface area (Å²) in [7, 11) is 0. The van der Waals surface area contributed by atoms with Crippen LogP contribution in [0.3, 0.4) is 0 Å². The monoisotopic (exact) mass is 281 g/mol. The molecule has 0 aliphatic rings. The van der Waals surface area contributed by atoms with Crippen molar-refractivity contribution in [2.24, 2.45) is 0 Å². The first-order valence-corrected chi connectivity index (χ1v) is 6.68. The van der Waals surface area contributed by atoms with Crippen molar-refractivity contribution < 1.29 is 4.79 Å². The second-order valence-electron chi connectivity index (χ2n) is 4.71. The molecule has 0 radical (unpaired) electrons. The van der Waals surface area contributed by atoms with Crippen molar-refractivity contribution in [3.63, 3.8) is 0 Å². The third kappa shape index (κ3) is 2.30. The second kappa shape index (κ2) is 5.06. The molecule has 98 valence electrons. The number of hydrogen-bond acceptors (Lipinski definition) is 2. The molecule has 2 nitrogen and oxygen atoms in total. The molecule has 1 aromatic heterocycles. The smallest absolute Gasteiger partial charge is 0.194 e.